The molecule has 102 valence electrons. The number of amides is 1. The number of nitrogens with zero attached hydrogens (tertiary/aromatic N) is 3. The number of carbonyl (C=O) groups is 1. The van der Waals surface area contributed by atoms with Crippen LogP contribution in [0.25, 0.3) is 16.8 Å². The lowest BCUT2D eigenvalue weighted by molar-refractivity contribution is 0.0960. The molecule has 3 heterocycles. The Balaban J connectivity index is 1.96. The van der Waals surface area contributed by atoms with Crippen molar-refractivity contribution >= 4 is 28.8 Å². The molecule has 20 heavy (non-hydrogen) atoms. The van der Waals surface area contributed by atoms with Crippen molar-refractivity contribution in [3.05, 3.63) is 34.7 Å². The van der Waals surface area contributed by atoms with E-state index in [-0.39, 0.29) is 11.9 Å². The minimum Gasteiger partial charge on any atom is -0.366 e. The topological polar surface area (TPSA) is 85.3 Å². The van der Waals surface area contributed by atoms with Crippen LogP contribution in [0.4, 0.5) is 5.95 Å². The largest absolute Gasteiger partial charge is 0.366 e. The molecule has 0 atom stereocenters. The second-order valence-corrected chi connectivity index (χ2v) is 5.16. The number of anilines is 1. The number of fused-ring (bicyclic) bond motifs is 1. The highest BCUT2D eigenvalue weighted by atomic mass is 32.1. The van der Waals surface area contributed by atoms with Crippen LogP contribution < -0.4 is 11.1 Å². The standard InChI is InChI=1S/C13H13N5OS/c1-2-15-12(19)10-5-9(7-20-10)8-3-4-11-16-13(14)17-18(11)6-8/h3-7H,2H2,1H3,(H2,14,17)(H,15,19). The molecular formula is C13H13N5OS. The molecule has 0 saturated heterocycles. The molecule has 0 radical (unpaired) electrons. The summed E-state index contributed by atoms with van der Waals surface area (Å²) in [4.78, 5) is 16.5. The van der Waals surface area contributed by atoms with E-state index in [4.69, 9.17) is 5.73 Å². The third kappa shape index (κ3) is 2.23. The Morgan fingerprint density at radius 2 is 2.30 bits per heavy atom. The first kappa shape index (κ1) is 12.6. The SMILES string of the molecule is CCNC(=O)c1cc(-c2ccc3nc(N)nn3c2)cs1. The van der Waals surface area contributed by atoms with Crippen molar-refractivity contribution in [2.24, 2.45) is 0 Å². The molecule has 3 rings (SSSR count). The van der Waals surface area contributed by atoms with Crippen LogP contribution >= 0.6 is 11.3 Å². The van der Waals surface area contributed by atoms with Crippen LogP contribution in [0.15, 0.2) is 29.8 Å². The Morgan fingerprint density at radius 3 is 3.10 bits per heavy atom. The normalized spacial score (nSPS) is 10.8. The van der Waals surface area contributed by atoms with Crippen LogP contribution in [-0.4, -0.2) is 27.0 Å². The molecule has 0 aliphatic rings. The second-order valence-electron chi connectivity index (χ2n) is 4.25. The number of rotatable bonds is 3. The van der Waals surface area contributed by atoms with Crippen LogP contribution in [0, 0.1) is 0 Å². The molecule has 0 spiro atoms. The fourth-order valence-corrected chi connectivity index (χ4v) is 2.76. The summed E-state index contributed by atoms with van der Waals surface area (Å²) in [6.07, 6.45) is 1.85. The van der Waals surface area contributed by atoms with Gasteiger partial charge in [0.25, 0.3) is 5.91 Å². The van der Waals surface area contributed by atoms with Crippen molar-refractivity contribution in [3.8, 4) is 11.1 Å². The van der Waals surface area contributed by atoms with Gasteiger partial charge in [0, 0.05) is 18.3 Å². The van der Waals surface area contributed by atoms with Gasteiger partial charge in [-0.15, -0.1) is 16.4 Å². The smallest absolute Gasteiger partial charge is 0.261 e. The Labute approximate surface area is 119 Å². The fourth-order valence-electron chi connectivity index (χ4n) is 1.93. The van der Waals surface area contributed by atoms with Gasteiger partial charge in [0.2, 0.25) is 5.95 Å². The quantitative estimate of drug-likeness (QED) is 0.769. The molecule has 3 aromatic rings. The van der Waals surface area contributed by atoms with E-state index in [0.717, 1.165) is 11.1 Å². The zero-order valence-corrected chi connectivity index (χ0v) is 11.6. The second kappa shape index (κ2) is 4.93. The monoisotopic (exact) mass is 287 g/mol. The molecule has 0 aromatic carbocycles. The summed E-state index contributed by atoms with van der Waals surface area (Å²) in [5.74, 6) is 0.199. The molecule has 0 saturated carbocycles. The lowest BCUT2D eigenvalue weighted by Gasteiger charge is -1.99. The van der Waals surface area contributed by atoms with Crippen molar-refractivity contribution in [2.75, 3.05) is 12.3 Å². The Hall–Kier alpha value is -2.41. The summed E-state index contributed by atoms with van der Waals surface area (Å²) in [5, 5.41) is 8.82. The number of thiophene rings is 1. The van der Waals surface area contributed by atoms with E-state index in [1.54, 1.807) is 4.52 Å². The molecular weight excluding hydrogens is 274 g/mol. The predicted molar refractivity (Wildman–Crippen MR) is 78.7 cm³/mol. The number of hydrogen-bond donors (Lipinski definition) is 2. The molecule has 1 amide bonds. The fraction of sp³-hybridized carbons (Fsp3) is 0.154. The van der Waals surface area contributed by atoms with Crippen LogP contribution in [0.2, 0.25) is 0 Å². The zero-order valence-electron chi connectivity index (χ0n) is 10.8. The van der Waals surface area contributed by atoms with E-state index in [1.165, 1.54) is 11.3 Å². The van der Waals surface area contributed by atoms with Gasteiger partial charge in [0.15, 0.2) is 5.65 Å². The van der Waals surface area contributed by atoms with Gasteiger partial charge in [-0.2, -0.15) is 4.98 Å². The highest BCUT2D eigenvalue weighted by Crippen LogP contribution is 2.25. The van der Waals surface area contributed by atoms with Gasteiger partial charge in [-0.05, 0) is 36.1 Å². The van der Waals surface area contributed by atoms with Gasteiger partial charge in [0.1, 0.15) is 0 Å². The lowest BCUT2D eigenvalue weighted by Crippen LogP contribution is -2.21. The maximum absolute atomic E-state index is 11.8. The van der Waals surface area contributed by atoms with Crippen molar-refractivity contribution in [1.82, 2.24) is 19.9 Å². The van der Waals surface area contributed by atoms with Crippen LogP contribution in [0.1, 0.15) is 16.6 Å². The van der Waals surface area contributed by atoms with Crippen molar-refractivity contribution in [3.63, 3.8) is 0 Å². The number of pyridine rings is 1. The maximum atomic E-state index is 11.8. The molecule has 0 unspecified atom stereocenters. The van der Waals surface area contributed by atoms with Gasteiger partial charge in [0.05, 0.1) is 4.88 Å². The number of hydrogen-bond acceptors (Lipinski definition) is 5. The average molecular weight is 287 g/mol. The van der Waals surface area contributed by atoms with E-state index >= 15 is 0 Å². The van der Waals surface area contributed by atoms with E-state index in [2.05, 4.69) is 15.4 Å². The van der Waals surface area contributed by atoms with Crippen LogP contribution in [0.3, 0.4) is 0 Å². The minimum absolute atomic E-state index is 0.0465. The first-order valence-electron chi connectivity index (χ1n) is 6.16. The summed E-state index contributed by atoms with van der Waals surface area (Å²) in [7, 11) is 0. The molecule has 0 aliphatic carbocycles. The highest BCUT2D eigenvalue weighted by molar-refractivity contribution is 7.12. The summed E-state index contributed by atoms with van der Waals surface area (Å²) < 4.78 is 1.63. The first-order chi connectivity index (χ1) is 9.67. The van der Waals surface area contributed by atoms with Crippen LogP contribution in [0.5, 0.6) is 0 Å². The van der Waals surface area contributed by atoms with Gasteiger partial charge in [-0.3, -0.25) is 4.79 Å². The number of nitrogens with one attached hydrogen (secondary N) is 1. The van der Waals surface area contributed by atoms with Crippen LogP contribution in [-0.2, 0) is 0 Å². The zero-order chi connectivity index (χ0) is 14.1. The summed E-state index contributed by atoms with van der Waals surface area (Å²) in [6.45, 7) is 2.52. The molecule has 3 N–H and O–H groups in total. The van der Waals surface area contributed by atoms with Crippen molar-refractivity contribution in [1.29, 1.82) is 0 Å². The molecule has 0 aliphatic heterocycles. The van der Waals surface area contributed by atoms with Crippen molar-refractivity contribution < 1.29 is 4.79 Å². The number of carbonyl (C=O) groups excluding carboxylic acids is 1. The average Bonchev–Trinajstić information content (AvgIpc) is 3.02. The summed E-state index contributed by atoms with van der Waals surface area (Å²) in [5.41, 5.74) is 8.21. The third-order valence-corrected chi connectivity index (χ3v) is 3.77. The number of nitrogen functional groups attached to an aromatic ring is 1. The maximum Gasteiger partial charge on any atom is 0.261 e. The van der Waals surface area contributed by atoms with Gasteiger partial charge in [-0.25, -0.2) is 4.52 Å². The van der Waals surface area contributed by atoms with Gasteiger partial charge in [-0.1, -0.05) is 0 Å². The Bertz CT molecular complexity index is 776. The molecule has 0 bridgehead atoms. The van der Waals surface area contributed by atoms with E-state index < -0.39 is 0 Å². The van der Waals surface area contributed by atoms with E-state index in [9.17, 15) is 4.79 Å². The molecule has 3 aromatic heterocycles. The third-order valence-electron chi connectivity index (χ3n) is 2.84. The highest BCUT2D eigenvalue weighted by Gasteiger charge is 2.10. The van der Waals surface area contributed by atoms with Gasteiger partial charge < -0.3 is 11.1 Å². The molecule has 6 nitrogen and oxygen atoms in total. The summed E-state index contributed by atoms with van der Waals surface area (Å²) in [6, 6.07) is 5.66. The van der Waals surface area contributed by atoms with E-state index in [1.807, 2.05) is 36.7 Å². The molecule has 0 fully saturated rings. The molecule has 7 heteroatoms. The minimum atomic E-state index is -0.0465. The number of nitrogens with two attached hydrogens (primary N) is 1. The summed E-state index contributed by atoms with van der Waals surface area (Å²) >= 11 is 1.42. The van der Waals surface area contributed by atoms with E-state index in [0.29, 0.717) is 17.1 Å². The predicted octanol–water partition coefficient (Wildman–Crippen LogP) is 1.79. The Kier molecular flexibility index (Phi) is 3.11. The first-order valence-corrected chi connectivity index (χ1v) is 7.04. The number of aromatic nitrogens is 3. The van der Waals surface area contributed by atoms with Gasteiger partial charge >= 0.3 is 0 Å². The van der Waals surface area contributed by atoms with Crippen molar-refractivity contribution in [2.45, 2.75) is 6.92 Å². The lowest BCUT2D eigenvalue weighted by atomic mass is 10.1. The Morgan fingerprint density at radius 1 is 1.45 bits per heavy atom.